The molecule has 0 bridgehead atoms. The van der Waals surface area contributed by atoms with Gasteiger partial charge in [-0.1, -0.05) is 237 Å². The maximum atomic E-state index is 12.8. The summed E-state index contributed by atoms with van der Waals surface area (Å²) < 4.78 is 38.4. The summed E-state index contributed by atoms with van der Waals surface area (Å²) >= 11 is 0. The van der Waals surface area contributed by atoms with Gasteiger partial charge in [-0.25, -0.2) is 4.79 Å². The molecule has 3 fully saturated rings. The van der Waals surface area contributed by atoms with Crippen LogP contribution >= 0.6 is 0 Å². The normalized spacial score (nSPS) is 15.1. The van der Waals surface area contributed by atoms with Gasteiger partial charge in [0.15, 0.2) is 0 Å². The maximum Gasteiger partial charge on any atom is 0.403 e. The molecule has 10 N–H and O–H groups in total. The van der Waals surface area contributed by atoms with Crippen LogP contribution in [0.4, 0.5) is 18.0 Å². The second kappa shape index (κ2) is 34.0. The van der Waals surface area contributed by atoms with Crippen molar-refractivity contribution < 1.29 is 52.8 Å². The maximum absolute atomic E-state index is 12.8. The average Bonchev–Trinajstić information content (AvgIpc) is 1.10. The summed E-state index contributed by atoms with van der Waals surface area (Å²) in [6.07, 6.45) is 0.207. The van der Waals surface area contributed by atoms with Gasteiger partial charge >= 0.3 is 12.2 Å². The molecule has 3 heterocycles. The summed E-state index contributed by atoms with van der Waals surface area (Å²) in [6.45, 7) is 1.44. The van der Waals surface area contributed by atoms with E-state index in [0.717, 1.165) is 136 Å². The third-order valence-electron chi connectivity index (χ3n) is 18.8. The van der Waals surface area contributed by atoms with E-state index in [1.54, 1.807) is 60.7 Å². The molecule has 3 atom stereocenters. The van der Waals surface area contributed by atoms with Gasteiger partial charge in [0.25, 0.3) is 5.91 Å². The summed E-state index contributed by atoms with van der Waals surface area (Å²) in [7, 11) is 0. The van der Waals surface area contributed by atoms with E-state index in [1.165, 1.54) is 0 Å². The molecule has 3 saturated heterocycles. The van der Waals surface area contributed by atoms with Gasteiger partial charge in [-0.2, -0.15) is 13.2 Å². The van der Waals surface area contributed by atoms with Crippen LogP contribution < -0.4 is 27.0 Å². The minimum Gasteiger partial charge on any atom is -0.508 e. The predicted octanol–water partition coefficient (Wildman–Crippen LogP) is 18.1. The van der Waals surface area contributed by atoms with Gasteiger partial charge in [-0.15, -0.1) is 0 Å². The fourth-order valence-corrected chi connectivity index (χ4v) is 13.3. The van der Waals surface area contributed by atoms with Crippen molar-refractivity contribution in [2.45, 2.75) is 56.8 Å². The highest BCUT2D eigenvalue weighted by Crippen LogP contribution is 2.38. The summed E-state index contributed by atoms with van der Waals surface area (Å²) in [5.74, 6) is 0.583. The molecule has 0 spiro atoms. The van der Waals surface area contributed by atoms with Crippen molar-refractivity contribution in [1.29, 1.82) is 0 Å². The molecule has 532 valence electrons. The van der Waals surface area contributed by atoms with Crippen LogP contribution in [0.1, 0.15) is 41.5 Å². The van der Waals surface area contributed by atoms with Crippen LogP contribution in [-0.2, 0) is 33.6 Å². The van der Waals surface area contributed by atoms with E-state index in [-0.39, 0.29) is 59.5 Å². The Morgan fingerprint density at radius 1 is 0.406 bits per heavy atom. The first-order valence-corrected chi connectivity index (χ1v) is 35.0. The van der Waals surface area contributed by atoms with Gasteiger partial charge in [0.1, 0.15) is 35.1 Å². The van der Waals surface area contributed by atoms with Gasteiger partial charge in [0, 0.05) is 31.0 Å². The lowest BCUT2D eigenvalue weighted by atomic mass is 9.89. The highest BCUT2D eigenvalue weighted by molar-refractivity contribution is 6.04. The van der Waals surface area contributed by atoms with Crippen molar-refractivity contribution in [3.63, 3.8) is 0 Å². The highest BCUT2D eigenvalue weighted by atomic mass is 19.4. The Balaban J connectivity index is 0.000000132. The number of hydrogen-bond acceptors (Lipinski definition) is 9. The van der Waals surface area contributed by atoms with Crippen molar-refractivity contribution >= 4 is 29.8 Å². The first kappa shape index (κ1) is 73.0. The molecule has 12 aromatic carbocycles. The zero-order valence-corrected chi connectivity index (χ0v) is 57.8. The van der Waals surface area contributed by atoms with Crippen LogP contribution in [0.3, 0.4) is 0 Å². The Morgan fingerprint density at radius 3 is 1.17 bits per heavy atom. The molecule has 0 saturated carbocycles. The number of halogens is 3. The lowest BCUT2D eigenvalue weighted by molar-refractivity contribution is -0.148. The molecule has 13 nitrogen and oxygen atoms in total. The van der Waals surface area contributed by atoms with Gasteiger partial charge in [0.2, 0.25) is 11.8 Å². The Morgan fingerprint density at radius 2 is 0.792 bits per heavy atom. The first-order valence-electron chi connectivity index (χ1n) is 35.0. The number of amides is 5. The number of benzene rings is 12. The minimum atomic E-state index is -4.41. The number of phenols is 4. The van der Waals surface area contributed by atoms with Crippen LogP contribution in [-0.4, -0.2) is 75.5 Å². The lowest BCUT2D eigenvalue weighted by Crippen LogP contribution is -2.37. The molecular weight excluding hydrogens is 1340 g/mol. The van der Waals surface area contributed by atoms with Gasteiger partial charge in [-0.3, -0.25) is 19.7 Å². The van der Waals surface area contributed by atoms with Crippen LogP contribution in [0.25, 0.3) is 95.1 Å². The third-order valence-corrected chi connectivity index (χ3v) is 18.8. The fraction of sp³-hybridized carbons (Fsp3) is 0.133. The monoisotopic (exact) mass is 1410 g/mol. The van der Waals surface area contributed by atoms with Crippen molar-refractivity contribution in [1.82, 2.24) is 21.3 Å². The van der Waals surface area contributed by atoms with E-state index in [2.05, 4.69) is 81.9 Å². The predicted molar refractivity (Wildman–Crippen MR) is 413 cm³/mol. The fourth-order valence-electron chi connectivity index (χ4n) is 13.3. The Labute approximate surface area is 613 Å². The summed E-state index contributed by atoms with van der Waals surface area (Å²) in [4.78, 5) is 47.6. The number of nitrogens with two attached hydrogens (primary N) is 1. The summed E-state index contributed by atoms with van der Waals surface area (Å²) in [5.41, 5.74) is 25.7. The Hall–Kier alpha value is -12.8. The van der Waals surface area contributed by atoms with E-state index in [4.69, 9.17) is 5.73 Å². The smallest absolute Gasteiger partial charge is 0.403 e. The van der Waals surface area contributed by atoms with Gasteiger partial charge in [-0.05, 0) is 204 Å². The second-order valence-corrected chi connectivity index (χ2v) is 26.1. The number of urea groups is 1. The molecule has 5 amide bonds. The Bertz CT molecular complexity index is 5130. The summed E-state index contributed by atoms with van der Waals surface area (Å²) in [6, 6.07) is 89.6. The van der Waals surface area contributed by atoms with E-state index < -0.39 is 24.3 Å². The van der Waals surface area contributed by atoms with Crippen LogP contribution in [0, 0.1) is 5.92 Å². The van der Waals surface area contributed by atoms with Gasteiger partial charge in [0.05, 0.1) is 0 Å². The molecule has 0 radical (unpaired) electrons. The first-order chi connectivity index (χ1) is 51.3. The molecule has 16 heteroatoms. The molecule has 3 unspecified atom stereocenters. The number of rotatable bonds is 16. The van der Waals surface area contributed by atoms with Crippen molar-refractivity contribution in [2.75, 3.05) is 13.1 Å². The van der Waals surface area contributed by atoms with E-state index >= 15 is 0 Å². The van der Waals surface area contributed by atoms with Crippen molar-refractivity contribution in [2.24, 2.45) is 11.7 Å². The molecule has 3 aliphatic heterocycles. The summed E-state index contributed by atoms with van der Waals surface area (Å²) in [5, 5.41) is 50.0. The average molecular weight is 1410 g/mol. The number of phenolic OH excluding ortho intramolecular Hbond substituents is 4. The van der Waals surface area contributed by atoms with E-state index in [1.807, 2.05) is 176 Å². The standard InChI is InChI=1S/C23H21NO2.C23H19NO2.C22H20F3NO.C22H18N2O3/c2*25-21-8-4-7-18(15-21)22-10-9-17(16-5-2-1-3-6-16)13-20(22)14-19-11-12-24-23(19)26;23-22(24,25)21(26)12-10-18-13-16(15-5-2-1-3-6-15)9-11-20(18)17-7-4-8-19(27)14-17;25-18-8-4-7-16(12-18)19-10-9-15(14-5-2-1-3-6-14)11-17(19)13-20-21(26)24-22(27)23-20/h1-10,13,15,19,25H,11-12,14H2,(H,24,26);1-10,13-15,25H,11-12H2,(H,24,26);1-9,11,13-14,21,27H,10,12,26H2;1-12,20,25H,13H2,(H2,23,24,26,27)/b;19-14+;;. The number of hydrogen-bond donors (Lipinski definition) is 9. The molecule has 0 aliphatic carbocycles. The highest BCUT2D eigenvalue weighted by Gasteiger charge is 2.36. The molecule has 0 aromatic heterocycles. The SMILES string of the molecule is NC(CCc1cc(-c2ccccc2)ccc1-c1cccc(O)c1)C(F)(F)F.O=C1NC(=O)C(Cc2cc(-c3ccccc3)ccc2-c2cccc(O)c2)N1.O=C1NCC/C1=C\c1cc(-c2ccccc2)ccc1-c1cccc(O)c1.O=C1NCCC1Cc1cc(-c2ccccc2)ccc1-c1cccc(O)c1. The Kier molecular flexibility index (Phi) is 23.4. The second-order valence-electron chi connectivity index (χ2n) is 26.1. The van der Waals surface area contributed by atoms with Crippen molar-refractivity contribution in [3.05, 3.63) is 319 Å². The molecule has 15 rings (SSSR count). The van der Waals surface area contributed by atoms with E-state index in [0.29, 0.717) is 19.4 Å². The molecule has 12 aromatic rings. The number of carbonyl (C=O) groups is 4. The van der Waals surface area contributed by atoms with Crippen LogP contribution in [0.5, 0.6) is 23.0 Å². The third kappa shape index (κ3) is 18.9. The topological polar surface area (TPSA) is 223 Å². The lowest BCUT2D eigenvalue weighted by Gasteiger charge is -2.17. The van der Waals surface area contributed by atoms with E-state index in [9.17, 15) is 52.8 Å². The zero-order chi connectivity index (χ0) is 74.1. The van der Waals surface area contributed by atoms with Crippen LogP contribution in [0.15, 0.2) is 297 Å². The number of carbonyl (C=O) groups excluding carboxylic acids is 4. The number of aromatic hydroxyl groups is 4. The molecule has 3 aliphatic rings. The minimum absolute atomic E-state index is 0.00280. The number of aryl methyl sites for hydroxylation is 1. The molecular formula is C90H78F3N5O8. The van der Waals surface area contributed by atoms with Gasteiger partial charge < -0.3 is 42.1 Å². The number of imide groups is 1. The number of alkyl halides is 3. The zero-order valence-electron chi connectivity index (χ0n) is 57.8. The molecule has 106 heavy (non-hydrogen) atoms. The van der Waals surface area contributed by atoms with Crippen molar-refractivity contribution in [3.8, 4) is 112 Å². The largest absolute Gasteiger partial charge is 0.508 e. The number of nitrogens with one attached hydrogen (secondary N) is 4. The quantitative estimate of drug-likeness (QED) is 0.0331. The van der Waals surface area contributed by atoms with Crippen LogP contribution in [0.2, 0.25) is 0 Å².